The van der Waals surface area contributed by atoms with Crippen LogP contribution < -0.4 is 10.5 Å². The fraction of sp³-hybridized carbons (Fsp3) is 0.562. The number of hydrogen-bond acceptors (Lipinski definition) is 4. The number of halogens is 1. The van der Waals surface area contributed by atoms with E-state index in [4.69, 9.17) is 5.73 Å². The molecule has 1 heterocycles. The highest BCUT2D eigenvalue weighted by molar-refractivity contribution is 7.89. The first-order chi connectivity index (χ1) is 10.6. The van der Waals surface area contributed by atoms with Crippen LogP contribution in [-0.2, 0) is 10.0 Å². The topological polar surface area (TPSA) is 92.5 Å². The number of carbonyl (C=O) groups is 1. The van der Waals surface area contributed by atoms with Gasteiger partial charge < -0.3 is 10.6 Å². The van der Waals surface area contributed by atoms with Crippen LogP contribution >= 0.6 is 12.4 Å². The molecule has 2 rings (SSSR count). The summed E-state index contributed by atoms with van der Waals surface area (Å²) in [7, 11) is -3.58. The van der Waals surface area contributed by atoms with Gasteiger partial charge in [0.15, 0.2) is 0 Å². The molecule has 8 heteroatoms. The minimum absolute atomic E-state index is 0. The average Bonchev–Trinajstić information content (AvgIpc) is 2.93. The normalized spacial score (nSPS) is 18.3. The van der Waals surface area contributed by atoms with E-state index in [0.717, 1.165) is 6.42 Å². The Kier molecular flexibility index (Phi) is 6.81. The van der Waals surface area contributed by atoms with Crippen LogP contribution in [0.4, 0.5) is 0 Å². The first-order valence-electron chi connectivity index (χ1n) is 7.76. The Bertz CT molecular complexity index is 669. The molecule has 0 aliphatic carbocycles. The zero-order valence-electron chi connectivity index (χ0n) is 14.3. The first kappa shape index (κ1) is 20.9. The van der Waals surface area contributed by atoms with Gasteiger partial charge in [0, 0.05) is 24.2 Å². The minimum atomic E-state index is -3.58. The summed E-state index contributed by atoms with van der Waals surface area (Å²) in [5.74, 6) is 0.281. The van der Waals surface area contributed by atoms with Crippen molar-refractivity contribution in [1.29, 1.82) is 0 Å². The molecular weight excluding hydrogens is 350 g/mol. The highest BCUT2D eigenvalue weighted by Crippen LogP contribution is 2.19. The Labute approximate surface area is 150 Å². The summed E-state index contributed by atoms with van der Waals surface area (Å²) in [6.07, 6.45) is 0.921. The lowest BCUT2D eigenvalue weighted by molar-refractivity contribution is 0.0787. The molecule has 0 radical (unpaired) electrons. The predicted molar refractivity (Wildman–Crippen MR) is 96.8 cm³/mol. The first-order valence-corrected chi connectivity index (χ1v) is 9.24. The maximum Gasteiger partial charge on any atom is 0.253 e. The van der Waals surface area contributed by atoms with Gasteiger partial charge in [0.05, 0.1) is 4.90 Å². The quantitative estimate of drug-likeness (QED) is 0.836. The molecule has 1 saturated heterocycles. The number of nitrogens with two attached hydrogens (primary N) is 1. The molecule has 136 valence electrons. The highest BCUT2D eigenvalue weighted by Gasteiger charge is 2.27. The van der Waals surface area contributed by atoms with Gasteiger partial charge in [0.1, 0.15) is 0 Å². The number of rotatable bonds is 4. The third kappa shape index (κ3) is 5.17. The summed E-state index contributed by atoms with van der Waals surface area (Å²) >= 11 is 0. The van der Waals surface area contributed by atoms with Gasteiger partial charge in [0.2, 0.25) is 10.0 Å². The summed E-state index contributed by atoms with van der Waals surface area (Å²) in [6.45, 7) is 7.30. The zero-order chi connectivity index (χ0) is 17.3. The Morgan fingerprint density at radius 1 is 1.29 bits per heavy atom. The van der Waals surface area contributed by atoms with Crippen molar-refractivity contribution in [3.05, 3.63) is 29.8 Å². The van der Waals surface area contributed by atoms with Crippen molar-refractivity contribution >= 4 is 28.3 Å². The number of sulfonamides is 1. The number of likely N-dealkylation sites (tertiary alicyclic amines) is 1. The zero-order valence-corrected chi connectivity index (χ0v) is 15.9. The van der Waals surface area contributed by atoms with Crippen molar-refractivity contribution in [1.82, 2.24) is 9.62 Å². The van der Waals surface area contributed by atoms with Crippen molar-refractivity contribution in [2.75, 3.05) is 19.6 Å². The average molecular weight is 376 g/mol. The number of carbonyl (C=O) groups excluding carboxylic acids is 1. The van der Waals surface area contributed by atoms with E-state index in [1.165, 1.54) is 12.1 Å². The van der Waals surface area contributed by atoms with Gasteiger partial charge in [-0.1, -0.05) is 0 Å². The van der Waals surface area contributed by atoms with Crippen molar-refractivity contribution in [2.24, 2.45) is 11.7 Å². The molecule has 0 aromatic heterocycles. The molecule has 1 amide bonds. The second-order valence-corrected chi connectivity index (χ2v) is 8.70. The number of hydrogen-bond donors (Lipinski definition) is 2. The van der Waals surface area contributed by atoms with Crippen molar-refractivity contribution in [2.45, 2.75) is 37.6 Å². The molecule has 1 aliphatic heterocycles. The van der Waals surface area contributed by atoms with E-state index in [1.807, 2.05) is 0 Å². The van der Waals surface area contributed by atoms with Gasteiger partial charge in [0.25, 0.3) is 5.91 Å². The van der Waals surface area contributed by atoms with Crippen LogP contribution in [0.5, 0.6) is 0 Å². The second-order valence-electron chi connectivity index (χ2n) is 7.02. The largest absolute Gasteiger partial charge is 0.338 e. The van der Waals surface area contributed by atoms with Gasteiger partial charge in [-0.15, -0.1) is 12.4 Å². The van der Waals surface area contributed by atoms with Gasteiger partial charge >= 0.3 is 0 Å². The predicted octanol–water partition coefficient (Wildman–Crippen LogP) is 1.61. The van der Waals surface area contributed by atoms with E-state index in [9.17, 15) is 13.2 Å². The van der Waals surface area contributed by atoms with Crippen LogP contribution in [-0.4, -0.2) is 44.4 Å². The van der Waals surface area contributed by atoms with E-state index in [1.54, 1.807) is 37.8 Å². The number of amides is 1. The maximum atomic E-state index is 12.4. The van der Waals surface area contributed by atoms with Crippen LogP contribution in [0.1, 0.15) is 37.6 Å². The molecule has 1 fully saturated rings. The summed E-state index contributed by atoms with van der Waals surface area (Å²) in [5, 5.41) is 0. The Hall–Kier alpha value is -1.15. The van der Waals surface area contributed by atoms with Crippen LogP contribution in [0.25, 0.3) is 0 Å². The molecule has 1 atom stereocenters. The fourth-order valence-corrected chi connectivity index (χ4v) is 4.05. The van der Waals surface area contributed by atoms with Crippen LogP contribution in [0, 0.1) is 5.92 Å². The minimum Gasteiger partial charge on any atom is -0.338 e. The molecule has 0 bridgehead atoms. The Morgan fingerprint density at radius 2 is 1.88 bits per heavy atom. The second kappa shape index (κ2) is 7.82. The smallest absolute Gasteiger partial charge is 0.253 e. The maximum absolute atomic E-state index is 12.4. The molecule has 0 saturated carbocycles. The Balaban J connectivity index is 0.00000288. The fourth-order valence-electron chi connectivity index (χ4n) is 2.63. The van der Waals surface area contributed by atoms with E-state index < -0.39 is 15.6 Å². The highest BCUT2D eigenvalue weighted by atomic mass is 35.5. The molecule has 0 spiro atoms. The lowest BCUT2D eigenvalue weighted by Crippen LogP contribution is -2.40. The van der Waals surface area contributed by atoms with Crippen molar-refractivity contribution in [3.8, 4) is 0 Å². The molecule has 6 nitrogen and oxygen atoms in total. The van der Waals surface area contributed by atoms with E-state index in [-0.39, 0.29) is 23.2 Å². The molecular formula is C16H26ClN3O3S. The lowest BCUT2D eigenvalue weighted by atomic mass is 10.1. The van der Waals surface area contributed by atoms with Gasteiger partial charge in [-0.25, -0.2) is 13.1 Å². The summed E-state index contributed by atoms with van der Waals surface area (Å²) in [5.41, 5.74) is 5.58. The molecule has 1 unspecified atom stereocenters. The molecule has 24 heavy (non-hydrogen) atoms. The summed E-state index contributed by atoms with van der Waals surface area (Å²) in [6, 6.07) is 6.07. The molecule has 3 N–H and O–H groups in total. The third-order valence-electron chi connectivity index (χ3n) is 3.76. The number of nitrogens with one attached hydrogen (secondary N) is 1. The summed E-state index contributed by atoms with van der Waals surface area (Å²) in [4.78, 5) is 14.3. The monoisotopic (exact) mass is 375 g/mol. The van der Waals surface area contributed by atoms with Gasteiger partial charge in [-0.05, 0) is 63.9 Å². The van der Waals surface area contributed by atoms with Gasteiger partial charge in [-0.2, -0.15) is 0 Å². The van der Waals surface area contributed by atoms with E-state index >= 15 is 0 Å². The van der Waals surface area contributed by atoms with Crippen molar-refractivity contribution in [3.63, 3.8) is 0 Å². The van der Waals surface area contributed by atoms with Crippen LogP contribution in [0.15, 0.2) is 29.2 Å². The molecule has 1 aromatic carbocycles. The van der Waals surface area contributed by atoms with Crippen LogP contribution in [0.3, 0.4) is 0 Å². The van der Waals surface area contributed by atoms with Gasteiger partial charge in [-0.3, -0.25) is 4.79 Å². The van der Waals surface area contributed by atoms with E-state index in [2.05, 4.69) is 4.72 Å². The molecule has 1 aliphatic rings. The SMILES string of the molecule is CC(C)(C)NS(=O)(=O)c1ccc(C(=O)N2CCC(CN)C2)cc1.Cl. The Morgan fingerprint density at radius 3 is 2.33 bits per heavy atom. The number of nitrogens with zero attached hydrogens (tertiary/aromatic N) is 1. The van der Waals surface area contributed by atoms with Crippen LogP contribution in [0.2, 0.25) is 0 Å². The number of benzene rings is 1. The van der Waals surface area contributed by atoms with E-state index in [0.29, 0.717) is 31.1 Å². The van der Waals surface area contributed by atoms with Crippen molar-refractivity contribution < 1.29 is 13.2 Å². The molecule has 1 aromatic rings. The standard InChI is InChI=1S/C16H25N3O3S.ClH/c1-16(2,3)18-23(21,22)14-6-4-13(5-7-14)15(20)19-9-8-12(10-17)11-19;/h4-7,12,18H,8-11,17H2,1-3H3;1H. The lowest BCUT2D eigenvalue weighted by Gasteiger charge is -2.20. The summed E-state index contributed by atoms with van der Waals surface area (Å²) < 4.78 is 27.1. The third-order valence-corrected chi connectivity index (χ3v) is 5.53.